The predicted molar refractivity (Wildman–Crippen MR) is 100 cm³/mol. The highest BCUT2D eigenvalue weighted by atomic mass is 16.7. The van der Waals surface area contributed by atoms with Crippen molar-refractivity contribution in [3.05, 3.63) is 35.9 Å². The lowest BCUT2D eigenvalue weighted by atomic mass is 9.91. The minimum absolute atomic E-state index is 0.293. The van der Waals surface area contributed by atoms with Crippen LogP contribution in [0.2, 0.25) is 0 Å². The van der Waals surface area contributed by atoms with E-state index in [1.807, 2.05) is 30.3 Å². The lowest BCUT2D eigenvalue weighted by Crippen LogP contribution is -2.57. The van der Waals surface area contributed by atoms with E-state index in [1.165, 1.54) is 13.8 Å². The second kappa shape index (κ2) is 9.63. The zero-order valence-electron chi connectivity index (χ0n) is 16.5. The summed E-state index contributed by atoms with van der Waals surface area (Å²) < 4.78 is 9.90. The summed E-state index contributed by atoms with van der Waals surface area (Å²) in [5.74, 6) is -2.21. The van der Waals surface area contributed by atoms with Crippen LogP contribution in [0.25, 0.3) is 0 Å². The molecule has 0 spiro atoms. The number of nitrogens with two attached hydrogens (primary N) is 1. The third-order valence-electron chi connectivity index (χ3n) is 4.05. The Morgan fingerprint density at radius 1 is 1.14 bits per heavy atom. The first-order valence-electron chi connectivity index (χ1n) is 8.74. The zero-order valence-corrected chi connectivity index (χ0v) is 16.5. The number of aliphatic hydroxyl groups excluding tert-OH is 1. The number of carbonyl (C=O) groups excluding carboxylic acids is 2. The SMILES string of the molecule is CC(C)(N)C(=O)OC(=O)OC(C)(C)C(Cc1ccccc1)N[C@@H](CO)C(=O)O. The molecule has 0 bridgehead atoms. The van der Waals surface area contributed by atoms with Gasteiger partial charge in [-0.25, -0.2) is 9.59 Å². The average Bonchev–Trinajstić information content (AvgIpc) is 2.57. The van der Waals surface area contributed by atoms with Crippen LogP contribution in [0, 0.1) is 0 Å². The van der Waals surface area contributed by atoms with Gasteiger partial charge in [0.2, 0.25) is 0 Å². The fourth-order valence-electron chi connectivity index (χ4n) is 2.31. The number of aliphatic carboxylic acids is 1. The van der Waals surface area contributed by atoms with Gasteiger partial charge in [0.1, 0.15) is 17.2 Å². The van der Waals surface area contributed by atoms with Gasteiger partial charge in [-0.1, -0.05) is 30.3 Å². The maximum absolute atomic E-state index is 12.0. The summed E-state index contributed by atoms with van der Waals surface area (Å²) in [5, 5.41) is 21.4. The number of esters is 1. The molecule has 28 heavy (non-hydrogen) atoms. The largest absolute Gasteiger partial charge is 0.516 e. The van der Waals surface area contributed by atoms with Crippen LogP contribution in [-0.4, -0.2) is 58.1 Å². The van der Waals surface area contributed by atoms with Crippen LogP contribution in [-0.2, 0) is 25.5 Å². The highest BCUT2D eigenvalue weighted by Gasteiger charge is 2.38. The fraction of sp³-hybridized carbons (Fsp3) is 0.526. The number of nitrogens with one attached hydrogen (secondary N) is 1. The topological polar surface area (TPSA) is 148 Å². The quantitative estimate of drug-likeness (QED) is 0.352. The molecule has 1 aromatic rings. The molecule has 0 aromatic heterocycles. The van der Waals surface area contributed by atoms with Gasteiger partial charge < -0.3 is 25.4 Å². The van der Waals surface area contributed by atoms with Crippen molar-refractivity contribution in [1.29, 1.82) is 0 Å². The predicted octanol–water partition coefficient (Wildman–Crippen LogP) is 0.829. The first-order valence-corrected chi connectivity index (χ1v) is 8.74. The molecule has 0 radical (unpaired) electrons. The van der Waals surface area contributed by atoms with E-state index in [2.05, 4.69) is 10.1 Å². The number of carboxylic acids is 1. The molecule has 2 atom stereocenters. The summed E-state index contributed by atoms with van der Waals surface area (Å²) in [5.41, 5.74) is 3.77. The van der Waals surface area contributed by atoms with Gasteiger partial charge in [0.25, 0.3) is 0 Å². The van der Waals surface area contributed by atoms with Crippen LogP contribution in [0.15, 0.2) is 30.3 Å². The maximum atomic E-state index is 12.0. The van der Waals surface area contributed by atoms with Gasteiger partial charge in [-0.2, -0.15) is 0 Å². The summed E-state index contributed by atoms with van der Waals surface area (Å²) in [7, 11) is 0. The summed E-state index contributed by atoms with van der Waals surface area (Å²) >= 11 is 0. The highest BCUT2D eigenvalue weighted by molar-refractivity contribution is 5.88. The molecule has 1 aromatic carbocycles. The minimum Gasteiger partial charge on any atom is -0.480 e. The number of aliphatic hydroxyl groups is 1. The number of carboxylic acid groups (broad SMARTS) is 1. The first-order chi connectivity index (χ1) is 12.9. The molecule has 0 fully saturated rings. The number of carbonyl (C=O) groups is 3. The van der Waals surface area contributed by atoms with Crippen LogP contribution in [0.1, 0.15) is 33.3 Å². The standard InChI is InChI=1S/C19H28N2O7/c1-18(2,20)16(25)27-17(26)28-19(3,4)14(21-13(11-22)15(23)24)10-12-8-6-5-7-9-12/h5-9,13-14,21-22H,10-11,20H2,1-4H3,(H,23,24)/t13-,14?/m0/s1. The van der Waals surface area contributed by atoms with E-state index in [4.69, 9.17) is 10.5 Å². The maximum Gasteiger partial charge on any atom is 0.516 e. The van der Waals surface area contributed by atoms with Gasteiger partial charge in [0, 0.05) is 0 Å². The highest BCUT2D eigenvalue weighted by Crippen LogP contribution is 2.21. The molecule has 0 saturated carbocycles. The summed E-state index contributed by atoms with van der Waals surface area (Å²) in [6, 6.07) is 7.15. The van der Waals surface area contributed by atoms with Crippen LogP contribution < -0.4 is 11.1 Å². The number of rotatable bonds is 9. The fourth-order valence-corrected chi connectivity index (χ4v) is 2.31. The van der Waals surface area contributed by atoms with Gasteiger partial charge in [-0.05, 0) is 39.7 Å². The molecule has 9 heteroatoms. The van der Waals surface area contributed by atoms with Crippen molar-refractivity contribution in [1.82, 2.24) is 5.32 Å². The molecular formula is C19H28N2O7. The van der Waals surface area contributed by atoms with E-state index >= 15 is 0 Å². The van der Waals surface area contributed by atoms with Crippen molar-refractivity contribution in [2.24, 2.45) is 5.73 Å². The average molecular weight is 396 g/mol. The van der Waals surface area contributed by atoms with E-state index in [0.717, 1.165) is 5.56 Å². The van der Waals surface area contributed by atoms with Crippen LogP contribution in [0.5, 0.6) is 0 Å². The number of hydrogen-bond donors (Lipinski definition) is 4. The molecule has 0 heterocycles. The Morgan fingerprint density at radius 3 is 2.18 bits per heavy atom. The monoisotopic (exact) mass is 396 g/mol. The minimum atomic E-state index is -1.38. The summed E-state index contributed by atoms with van der Waals surface area (Å²) in [6.07, 6.45) is -0.953. The van der Waals surface area contributed by atoms with E-state index in [9.17, 15) is 24.6 Å². The second-order valence-electron chi connectivity index (χ2n) is 7.55. The van der Waals surface area contributed by atoms with E-state index in [1.54, 1.807) is 13.8 Å². The molecule has 0 saturated heterocycles. The van der Waals surface area contributed by atoms with Gasteiger partial charge in [0.05, 0.1) is 12.6 Å². The number of ether oxygens (including phenoxy) is 2. The Morgan fingerprint density at radius 2 is 1.71 bits per heavy atom. The Labute approximate surface area is 163 Å². The van der Waals surface area contributed by atoms with Gasteiger partial charge in [-0.15, -0.1) is 0 Å². The van der Waals surface area contributed by atoms with Crippen molar-refractivity contribution in [3.8, 4) is 0 Å². The van der Waals surface area contributed by atoms with Crippen molar-refractivity contribution >= 4 is 18.1 Å². The van der Waals surface area contributed by atoms with Crippen molar-refractivity contribution in [2.45, 2.75) is 57.3 Å². The molecule has 9 nitrogen and oxygen atoms in total. The molecular weight excluding hydrogens is 368 g/mol. The molecule has 5 N–H and O–H groups in total. The second-order valence-corrected chi connectivity index (χ2v) is 7.55. The molecule has 156 valence electrons. The van der Waals surface area contributed by atoms with E-state index in [0.29, 0.717) is 6.42 Å². The summed E-state index contributed by atoms with van der Waals surface area (Å²) in [4.78, 5) is 35.1. The molecule has 0 amide bonds. The Balaban J connectivity index is 3.00. The van der Waals surface area contributed by atoms with Crippen molar-refractivity contribution in [3.63, 3.8) is 0 Å². The first kappa shape index (κ1) is 23.5. The normalized spacial score (nSPS) is 14.1. The van der Waals surface area contributed by atoms with Gasteiger partial charge >= 0.3 is 18.1 Å². The van der Waals surface area contributed by atoms with Crippen LogP contribution >= 0.6 is 0 Å². The molecule has 0 aliphatic carbocycles. The Bertz CT molecular complexity index is 683. The van der Waals surface area contributed by atoms with Gasteiger partial charge in [-0.3, -0.25) is 10.1 Å². The zero-order chi connectivity index (χ0) is 21.5. The molecule has 0 aliphatic rings. The van der Waals surface area contributed by atoms with Crippen LogP contribution in [0.4, 0.5) is 4.79 Å². The van der Waals surface area contributed by atoms with E-state index < -0.39 is 47.9 Å². The summed E-state index contributed by atoms with van der Waals surface area (Å²) in [6.45, 7) is 5.20. The van der Waals surface area contributed by atoms with Gasteiger partial charge in [0.15, 0.2) is 0 Å². The lowest BCUT2D eigenvalue weighted by molar-refractivity contribution is -0.147. The number of hydrogen-bond acceptors (Lipinski definition) is 8. The Hall–Kier alpha value is -2.49. The number of benzene rings is 1. The lowest BCUT2D eigenvalue weighted by Gasteiger charge is -2.35. The van der Waals surface area contributed by atoms with Crippen molar-refractivity contribution in [2.75, 3.05) is 6.61 Å². The van der Waals surface area contributed by atoms with Crippen LogP contribution in [0.3, 0.4) is 0 Å². The smallest absolute Gasteiger partial charge is 0.480 e. The Kier molecular flexibility index (Phi) is 8.10. The van der Waals surface area contributed by atoms with Crippen molar-refractivity contribution < 1.29 is 34.1 Å². The third kappa shape index (κ3) is 7.26. The molecule has 1 rings (SSSR count). The molecule has 1 unspecified atom stereocenters. The molecule has 0 aliphatic heterocycles. The third-order valence-corrected chi connectivity index (χ3v) is 4.05. The van der Waals surface area contributed by atoms with E-state index in [-0.39, 0.29) is 0 Å².